The maximum atomic E-state index is 13.8. The maximum Gasteiger partial charge on any atom is 0.264 e. The van der Waals surface area contributed by atoms with Gasteiger partial charge in [-0.1, -0.05) is 385 Å². The average molecular weight is 1990 g/mol. The topological polar surface area (TPSA) is 328 Å². The SMILES string of the molecule is CC(C)CCCCCCCCCCNS(=O)(=O)CS(=O)(=O)NCCCCCCCCCCC(C)C.CCCCCCCCCCCCCNS(=O)(=O)CS(=O)(=O)NCCCCCCCCCCCCC.CCN(CC)S(=O)(=O)c1ccc2c(=O)n3c4cccc5cccc(nc3c3cccc1c23)c54.CCN(CC)S(=O)(=O)c1ccc2c(=O)n3c4cccc5cccc(nc3c3cccc1c23)c54. The number of rotatable bonds is 62. The van der Waals surface area contributed by atoms with Gasteiger partial charge in [-0.3, -0.25) is 18.4 Å². The van der Waals surface area contributed by atoms with Crippen LogP contribution in [0, 0.1) is 11.8 Å². The van der Waals surface area contributed by atoms with Crippen molar-refractivity contribution >= 4 is 158 Å². The Bertz CT molecular complexity index is 6180. The molecule has 0 aliphatic carbocycles. The molecule has 0 radical (unpaired) electrons. The highest BCUT2D eigenvalue weighted by atomic mass is 32.3. The summed E-state index contributed by atoms with van der Waals surface area (Å²) >= 11 is 0. The summed E-state index contributed by atoms with van der Waals surface area (Å²) in [5, 5.41) is 6.99. The standard InChI is InChI=1S/2C27H58N2O4S2.2C26H21N3O3S/c1-26(2)21-17-13-9-5-7-11-15-19-23-28-34(30,31)25-35(32,33)29-24-20-16-12-8-6-10-14-18-22-27(3)4;1-3-5-7-9-11-13-15-17-19-21-23-25-28-34(30,31)27-35(32,33)29-26-24-22-20-18-16-14-12-10-8-6-4-2;2*1-3-28(4-2)33(31,32)22-15-14-19-24-17(22)10-7-11-18(24)25-27-20-12-5-8-16-9-6-13-21(23(16)20)29(25)26(19)30/h26-29H,5-25H2,1-4H3;28-29H,3-27H2,1-2H3;2*5-15H,3-4H2,1-2H3. The molecule has 0 unspecified atom stereocenters. The van der Waals surface area contributed by atoms with Crippen molar-refractivity contribution in [3.05, 3.63) is 154 Å². The Morgan fingerprint density at radius 1 is 0.279 bits per heavy atom. The van der Waals surface area contributed by atoms with Gasteiger partial charge in [-0.15, -0.1) is 0 Å². The Morgan fingerprint density at radius 3 is 0.801 bits per heavy atom. The molecule has 4 N–H and O–H groups in total. The third-order valence-electron chi connectivity index (χ3n) is 26.0. The molecule has 0 spiro atoms. The van der Waals surface area contributed by atoms with Crippen molar-refractivity contribution in [1.29, 1.82) is 0 Å². The van der Waals surface area contributed by atoms with Gasteiger partial charge in [-0.05, 0) is 96.8 Å². The van der Waals surface area contributed by atoms with Crippen molar-refractivity contribution in [3.63, 3.8) is 0 Å². The fraction of sp³-hybridized carbons (Fsp3) is 0.585. The van der Waals surface area contributed by atoms with Crippen molar-refractivity contribution in [3.8, 4) is 0 Å². The molecule has 0 bridgehead atoms. The van der Waals surface area contributed by atoms with E-state index >= 15 is 0 Å². The molecule has 0 aliphatic heterocycles. The zero-order chi connectivity index (χ0) is 98.3. The first kappa shape index (κ1) is 112. The van der Waals surface area contributed by atoms with Crippen LogP contribution in [0.2, 0.25) is 0 Å². The van der Waals surface area contributed by atoms with E-state index in [4.69, 9.17) is 9.97 Å². The zero-order valence-corrected chi connectivity index (χ0v) is 88.0. The number of fused-ring (bicyclic) bond motifs is 6. The number of benzene rings is 8. The molecule has 4 heterocycles. The number of unbranched alkanes of at least 4 members (excludes halogenated alkanes) is 34. The molecule has 0 saturated heterocycles. The molecule has 0 amide bonds. The molecule has 0 aliphatic rings. The monoisotopic (exact) mass is 1990 g/mol. The molecule has 12 aromatic rings. The number of hydrogen-bond donors (Lipinski definition) is 4. The van der Waals surface area contributed by atoms with E-state index in [1.54, 1.807) is 45.2 Å². The summed E-state index contributed by atoms with van der Waals surface area (Å²) < 4.78 is 166. The summed E-state index contributed by atoms with van der Waals surface area (Å²) in [5.74, 6) is 1.58. The summed E-state index contributed by atoms with van der Waals surface area (Å²) in [6, 6.07) is 41.0. The van der Waals surface area contributed by atoms with E-state index in [-0.39, 0.29) is 20.9 Å². The van der Waals surface area contributed by atoms with E-state index in [2.05, 4.69) is 60.4 Å². The van der Waals surface area contributed by atoms with Crippen molar-refractivity contribution < 1.29 is 50.5 Å². The van der Waals surface area contributed by atoms with Crippen molar-refractivity contribution in [1.82, 2.24) is 46.3 Å². The molecule has 0 fully saturated rings. The first-order chi connectivity index (χ1) is 65.3. The third-order valence-corrected chi connectivity index (χ3v) is 37.7. The Kier molecular flexibility index (Phi) is 46.4. The summed E-state index contributed by atoms with van der Waals surface area (Å²) in [4.78, 5) is 37.8. The first-order valence-corrected chi connectivity index (χ1v) is 60.7. The predicted molar refractivity (Wildman–Crippen MR) is 569 cm³/mol. The number of hydrogen-bond acceptors (Lipinski definition) is 16. The fourth-order valence-electron chi connectivity index (χ4n) is 18.6. The van der Waals surface area contributed by atoms with Gasteiger partial charge in [0.2, 0.25) is 60.1 Å². The van der Waals surface area contributed by atoms with Gasteiger partial charge in [0.25, 0.3) is 11.1 Å². The second kappa shape index (κ2) is 56.3. The van der Waals surface area contributed by atoms with Gasteiger partial charge in [-0.25, -0.2) is 79.4 Å². The minimum absolute atomic E-state index is 0.203. The minimum Gasteiger partial charge on any atom is -0.268 e. The third kappa shape index (κ3) is 32.8. The van der Waals surface area contributed by atoms with Gasteiger partial charge in [0.15, 0.2) is 10.2 Å². The first-order valence-electron chi connectivity index (χ1n) is 51.2. The van der Waals surface area contributed by atoms with E-state index in [9.17, 15) is 60.1 Å². The average Bonchev–Trinajstić information content (AvgIpc) is 0.710. The molecule has 0 atom stereocenters. The molecule has 4 aromatic heterocycles. The van der Waals surface area contributed by atoms with Crippen LogP contribution in [0.4, 0.5) is 0 Å². The van der Waals surface area contributed by atoms with Crippen LogP contribution in [-0.4, -0.2) is 140 Å². The Balaban J connectivity index is 0.000000203. The summed E-state index contributed by atoms with van der Waals surface area (Å²) in [7, 11) is -22.7. The van der Waals surface area contributed by atoms with E-state index in [0.717, 1.165) is 143 Å². The number of nitrogens with zero attached hydrogens (tertiary/aromatic N) is 6. The highest BCUT2D eigenvalue weighted by Gasteiger charge is 2.30. The zero-order valence-electron chi connectivity index (χ0n) is 83.1. The number of pyridine rings is 2. The normalized spacial score (nSPS) is 12.7. The molecule has 8 aromatic carbocycles. The largest absolute Gasteiger partial charge is 0.268 e. The van der Waals surface area contributed by atoms with Crippen molar-refractivity contribution in [2.24, 2.45) is 11.8 Å². The molecule has 136 heavy (non-hydrogen) atoms. The smallest absolute Gasteiger partial charge is 0.264 e. The lowest BCUT2D eigenvalue weighted by Crippen LogP contribution is -2.36. The van der Waals surface area contributed by atoms with Gasteiger partial charge in [0.1, 0.15) is 11.3 Å². The van der Waals surface area contributed by atoms with Gasteiger partial charge < -0.3 is 0 Å². The van der Waals surface area contributed by atoms with Crippen LogP contribution < -0.4 is 30.0 Å². The van der Waals surface area contributed by atoms with E-state index in [1.807, 2.05) is 125 Å². The molecular formula is C106H158N10O14S6. The second-order valence-electron chi connectivity index (χ2n) is 37.7. The van der Waals surface area contributed by atoms with Crippen LogP contribution >= 0.6 is 0 Å². The maximum absolute atomic E-state index is 13.8. The minimum atomic E-state index is -3.82. The van der Waals surface area contributed by atoms with Gasteiger partial charge in [-0.2, -0.15) is 8.61 Å². The van der Waals surface area contributed by atoms with Gasteiger partial charge in [0.05, 0.1) is 31.9 Å². The lowest BCUT2D eigenvalue weighted by Gasteiger charge is -2.20. The fourth-order valence-corrected chi connectivity index (χ4v) is 28.3. The Hall–Kier alpha value is -7.46. The summed E-state index contributed by atoms with van der Waals surface area (Å²) in [5.41, 5.74) is 3.84. The number of aromatic nitrogens is 4. The summed E-state index contributed by atoms with van der Waals surface area (Å²) in [6.45, 7) is 23.6. The van der Waals surface area contributed by atoms with Gasteiger partial charge in [0, 0.05) is 106 Å². The van der Waals surface area contributed by atoms with Gasteiger partial charge >= 0.3 is 0 Å². The lowest BCUT2D eigenvalue weighted by molar-refractivity contribution is 0.445. The van der Waals surface area contributed by atoms with Crippen LogP contribution in [0.25, 0.3) is 98.0 Å². The van der Waals surface area contributed by atoms with E-state index in [1.165, 1.54) is 188 Å². The molecule has 752 valence electrons. The van der Waals surface area contributed by atoms with E-state index in [0.29, 0.717) is 96.0 Å². The van der Waals surface area contributed by atoms with Crippen LogP contribution in [0.1, 0.15) is 326 Å². The van der Waals surface area contributed by atoms with Crippen LogP contribution in [0.3, 0.4) is 0 Å². The van der Waals surface area contributed by atoms with Crippen LogP contribution in [0.15, 0.2) is 153 Å². The van der Waals surface area contributed by atoms with E-state index < -0.39 is 70.3 Å². The second-order valence-corrected chi connectivity index (χ2v) is 49.5. The quantitative estimate of drug-likeness (QED) is 0.0156. The highest BCUT2D eigenvalue weighted by molar-refractivity contribution is 8.06. The lowest BCUT2D eigenvalue weighted by atomic mass is 10.0. The highest BCUT2D eigenvalue weighted by Crippen LogP contribution is 2.39. The predicted octanol–water partition coefficient (Wildman–Crippen LogP) is 24.1. The molecule has 12 rings (SSSR count). The van der Waals surface area contributed by atoms with Crippen molar-refractivity contribution in [2.45, 2.75) is 336 Å². The summed E-state index contributed by atoms with van der Waals surface area (Å²) in [6.07, 6.45) is 47.3. The number of sulfonamides is 6. The Morgan fingerprint density at radius 2 is 0.529 bits per heavy atom. The molecule has 24 nitrogen and oxygen atoms in total. The molecule has 30 heteroatoms. The van der Waals surface area contributed by atoms with Crippen molar-refractivity contribution in [2.75, 3.05) is 62.5 Å². The Labute approximate surface area is 813 Å². The number of nitrogens with one attached hydrogen (secondary N) is 4. The molecular weight excluding hydrogens is 1830 g/mol. The van der Waals surface area contributed by atoms with Crippen LogP contribution in [0.5, 0.6) is 0 Å². The molecule has 0 saturated carbocycles. The van der Waals surface area contributed by atoms with Crippen LogP contribution in [-0.2, 0) is 60.1 Å².